The van der Waals surface area contributed by atoms with Gasteiger partial charge in [0.25, 0.3) is 0 Å². The standard InChI is InChI=1S/C53H61N4O2/c1-9-53(6,7)52(58)59-48-19-11-10-18-47(48)57-46-31-30-44(43-29-20-38(33-54-8)32-45(43)46)49(39-21-25-41(26-22-39)55-50-34(2)14-12-15-35(50)3)40-23-27-42(28-24-40)56-51-36(4)16-13-17-37(51)5/h12-17,20-32,47-48,54-57H,9-11,18-19,33H2,1-8H3/q+1. The molecule has 0 heterocycles. The number of carbonyl (C=O) groups is 1. The smallest absolute Gasteiger partial charge is 0.311 e. The van der Waals surface area contributed by atoms with Crippen LogP contribution in [0.25, 0.3) is 10.8 Å². The van der Waals surface area contributed by atoms with E-state index in [1.54, 1.807) is 0 Å². The molecule has 6 aromatic rings. The van der Waals surface area contributed by atoms with Gasteiger partial charge in [-0.3, -0.25) is 4.79 Å². The van der Waals surface area contributed by atoms with E-state index in [0.29, 0.717) is 0 Å². The highest BCUT2D eigenvalue weighted by Crippen LogP contribution is 2.41. The van der Waals surface area contributed by atoms with Crippen LogP contribution in [0, 0.1) is 39.0 Å². The molecule has 6 nitrogen and oxygen atoms in total. The molecule has 6 aromatic carbocycles. The van der Waals surface area contributed by atoms with E-state index in [-0.39, 0.29) is 18.1 Å². The van der Waals surface area contributed by atoms with Crippen molar-refractivity contribution >= 4 is 45.2 Å². The molecule has 1 aliphatic rings. The largest absolute Gasteiger partial charge is 0.460 e. The summed E-state index contributed by atoms with van der Waals surface area (Å²) in [6, 6.07) is 41.8. The summed E-state index contributed by atoms with van der Waals surface area (Å²) in [7, 11) is 1.99. The van der Waals surface area contributed by atoms with Gasteiger partial charge in [-0.15, -0.1) is 0 Å². The first-order valence-corrected chi connectivity index (χ1v) is 21.4. The summed E-state index contributed by atoms with van der Waals surface area (Å²) in [6.07, 6.45) is 4.55. The molecule has 7 rings (SSSR count). The Morgan fingerprint density at radius 1 is 0.695 bits per heavy atom. The first kappa shape index (κ1) is 41.4. The van der Waals surface area contributed by atoms with Gasteiger partial charge in [0.05, 0.1) is 39.8 Å². The summed E-state index contributed by atoms with van der Waals surface area (Å²) in [5.41, 5.74) is 14.4. The molecule has 59 heavy (non-hydrogen) atoms. The predicted octanol–water partition coefficient (Wildman–Crippen LogP) is 13.0. The number of nitrogens with one attached hydrogen (secondary N) is 4. The first-order chi connectivity index (χ1) is 28.4. The summed E-state index contributed by atoms with van der Waals surface area (Å²) in [5, 5.41) is 17.0. The quantitative estimate of drug-likeness (QED) is 0.0501. The van der Waals surface area contributed by atoms with Crippen molar-refractivity contribution < 1.29 is 9.53 Å². The number of hydrogen-bond acceptors (Lipinski definition) is 6. The normalized spacial score (nSPS) is 15.5. The minimum Gasteiger partial charge on any atom is -0.460 e. The van der Waals surface area contributed by atoms with Crippen LogP contribution >= 0.6 is 0 Å². The maximum absolute atomic E-state index is 13.3. The van der Waals surface area contributed by atoms with Crippen LogP contribution in [0.5, 0.6) is 0 Å². The molecule has 0 saturated heterocycles. The third-order valence-electron chi connectivity index (χ3n) is 12.3. The average Bonchev–Trinajstić information content (AvgIpc) is 3.23. The van der Waals surface area contributed by atoms with Crippen LogP contribution < -0.4 is 21.3 Å². The summed E-state index contributed by atoms with van der Waals surface area (Å²) in [6.45, 7) is 15.4. The Morgan fingerprint density at radius 3 is 1.76 bits per heavy atom. The zero-order valence-electron chi connectivity index (χ0n) is 36.2. The summed E-state index contributed by atoms with van der Waals surface area (Å²) in [5.74, 6) is 1.05. The lowest BCUT2D eigenvalue weighted by Crippen LogP contribution is -2.42. The number of hydrogen-bond donors (Lipinski definition) is 4. The molecule has 4 N–H and O–H groups in total. The number of fused-ring (bicyclic) bond motifs is 1. The fraction of sp³-hybridized carbons (Fsp3) is 0.321. The second-order valence-corrected chi connectivity index (χ2v) is 17.1. The molecule has 0 bridgehead atoms. The third-order valence-corrected chi connectivity index (χ3v) is 12.3. The fourth-order valence-electron chi connectivity index (χ4n) is 8.33. The lowest BCUT2D eigenvalue weighted by molar-refractivity contribution is -0.161. The Hall–Kier alpha value is -5.72. The van der Waals surface area contributed by atoms with E-state index in [0.717, 1.165) is 100 Å². The molecule has 304 valence electrons. The van der Waals surface area contributed by atoms with E-state index in [9.17, 15) is 4.79 Å². The number of benzene rings is 6. The van der Waals surface area contributed by atoms with Gasteiger partial charge in [0.2, 0.25) is 0 Å². The Labute approximate surface area is 352 Å². The monoisotopic (exact) mass is 785 g/mol. The van der Waals surface area contributed by atoms with E-state index in [4.69, 9.17) is 4.74 Å². The number of rotatable bonds is 14. The van der Waals surface area contributed by atoms with Crippen LogP contribution in [0.1, 0.15) is 97.4 Å². The highest BCUT2D eigenvalue weighted by Gasteiger charge is 2.35. The third kappa shape index (κ3) is 9.29. The Kier molecular flexibility index (Phi) is 12.7. The SMILES string of the molecule is CCC(C)(C)C(=O)OC1CCCCC1Nc1ccc([C+](c2ccc(Nc3c(C)cccc3C)cc2)c2ccc(Nc3c(C)cccc3C)cc2)c2ccc(CNC)cc12. The van der Waals surface area contributed by atoms with Crippen molar-refractivity contribution in [2.75, 3.05) is 23.0 Å². The minimum absolute atomic E-state index is 0.0275. The molecule has 6 heteroatoms. The van der Waals surface area contributed by atoms with Crippen LogP contribution in [0.4, 0.5) is 28.4 Å². The molecule has 0 aliphatic heterocycles. The molecule has 2 atom stereocenters. The lowest BCUT2D eigenvalue weighted by Gasteiger charge is -2.35. The minimum atomic E-state index is -0.508. The van der Waals surface area contributed by atoms with Crippen molar-refractivity contribution in [2.24, 2.45) is 5.41 Å². The summed E-state index contributed by atoms with van der Waals surface area (Å²) < 4.78 is 6.28. The fourth-order valence-corrected chi connectivity index (χ4v) is 8.33. The number of anilines is 5. The molecule has 1 aliphatic carbocycles. The lowest BCUT2D eigenvalue weighted by atomic mass is 9.82. The zero-order valence-corrected chi connectivity index (χ0v) is 36.2. The van der Waals surface area contributed by atoms with E-state index < -0.39 is 5.41 Å². The molecular weight excluding hydrogens is 725 g/mol. The summed E-state index contributed by atoms with van der Waals surface area (Å²) >= 11 is 0. The molecule has 0 aromatic heterocycles. The number of aryl methyl sites for hydroxylation is 4. The number of para-hydroxylation sites is 2. The van der Waals surface area contributed by atoms with Crippen LogP contribution in [-0.2, 0) is 16.1 Å². The van der Waals surface area contributed by atoms with E-state index >= 15 is 0 Å². The maximum Gasteiger partial charge on any atom is 0.311 e. The maximum atomic E-state index is 13.3. The topological polar surface area (TPSA) is 74.4 Å². The van der Waals surface area contributed by atoms with Crippen LogP contribution in [-0.4, -0.2) is 25.2 Å². The highest BCUT2D eigenvalue weighted by atomic mass is 16.5. The van der Waals surface area contributed by atoms with Gasteiger partial charge in [0.15, 0.2) is 0 Å². The summed E-state index contributed by atoms with van der Waals surface area (Å²) in [4.78, 5) is 13.3. The molecule has 0 amide bonds. The van der Waals surface area contributed by atoms with Crippen molar-refractivity contribution in [3.63, 3.8) is 0 Å². The zero-order chi connectivity index (χ0) is 41.7. The molecule has 0 radical (unpaired) electrons. The molecular formula is C53H61N4O2+. The van der Waals surface area contributed by atoms with Gasteiger partial charge < -0.3 is 26.0 Å². The number of ether oxygens (including phenoxy) is 1. The van der Waals surface area contributed by atoms with Gasteiger partial charge in [-0.05, 0) is 175 Å². The van der Waals surface area contributed by atoms with Crippen LogP contribution in [0.3, 0.4) is 0 Å². The molecule has 1 saturated carbocycles. The van der Waals surface area contributed by atoms with Crippen molar-refractivity contribution in [1.82, 2.24) is 5.32 Å². The first-order valence-electron chi connectivity index (χ1n) is 21.4. The number of esters is 1. The van der Waals surface area contributed by atoms with E-state index in [1.807, 2.05) is 20.9 Å². The molecule has 1 fully saturated rings. The van der Waals surface area contributed by atoms with Crippen molar-refractivity contribution in [1.29, 1.82) is 0 Å². The van der Waals surface area contributed by atoms with Crippen molar-refractivity contribution in [3.05, 3.63) is 166 Å². The predicted molar refractivity (Wildman–Crippen MR) is 248 cm³/mol. The van der Waals surface area contributed by atoms with E-state index in [2.05, 4.69) is 171 Å². The Balaban J connectivity index is 1.29. The van der Waals surface area contributed by atoms with Crippen LogP contribution in [0.2, 0.25) is 0 Å². The van der Waals surface area contributed by atoms with Crippen molar-refractivity contribution in [3.8, 4) is 0 Å². The van der Waals surface area contributed by atoms with Gasteiger partial charge in [0, 0.05) is 40.1 Å². The van der Waals surface area contributed by atoms with Gasteiger partial charge in [-0.2, -0.15) is 0 Å². The van der Waals surface area contributed by atoms with Crippen LogP contribution in [0.15, 0.2) is 115 Å². The van der Waals surface area contributed by atoms with Crippen molar-refractivity contribution in [2.45, 2.75) is 99.3 Å². The highest BCUT2D eigenvalue weighted by molar-refractivity contribution is 5.99. The number of carbonyl (C=O) groups excluding carboxylic acids is 1. The Bertz CT molecular complexity index is 2260. The van der Waals surface area contributed by atoms with Gasteiger partial charge >= 0.3 is 5.97 Å². The Morgan fingerprint density at radius 2 is 1.24 bits per heavy atom. The van der Waals surface area contributed by atoms with Gasteiger partial charge in [0.1, 0.15) is 6.10 Å². The van der Waals surface area contributed by atoms with Gasteiger partial charge in [-0.25, -0.2) is 0 Å². The molecule has 0 spiro atoms. The van der Waals surface area contributed by atoms with E-state index in [1.165, 1.54) is 27.8 Å². The second-order valence-electron chi connectivity index (χ2n) is 17.1. The average molecular weight is 786 g/mol. The molecule has 2 unspecified atom stereocenters. The second kappa shape index (κ2) is 18.0. The van der Waals surface area contributed by atoms with Gasteiger partial charge in [-0.1, -0.05) is 55.8 Å².